The molecule has 0 bridgehead atoms. The Morgan fingerprint density at radius 1 is 1.27 bits per heavy atom. The third kappa shape index (κ3) is 3.86. The maximum atomic E-state index is 13.3. The van der Waals surface area contributed by atoms with E-state index in [0.29, 0.717) is 19.7 Å². The number of hydrogen-bond donors (Lipinski definition) is 0. The number of likely N-dealkylation sites (tertiary alicyclic amines) is 1. The topological polar surface area (TPSA) is 56.6 Å². The van der Waals surface area contributed by atoms with Gasteiger partial charge in [-0.3, -0.25) is 0 Å². The van der Waals surface area contributed by atoms with Crippen molar-refractivity contribution in [2.45, 2.75) is 39.2 Å². The minimum atomic E-state index is -0.530. The SMILES string of the molecule is COCC12Cc3cnn(-c4ccc(F)cc4)c3C=C1CCN(C(=O)OC(C)(C)C)C2. The van der Waals surface area contributed by atoms with Crippen LogP contribution in [0.4, 0.5) is 9.18 Å². The lowest BCUT2D eigenvalue weighted by molar-refractivity contribution is 0.00114. The van der Waals surface area contributed by atoms with E-state index in [1.54, 1.807) is 24.1 Å². The van der Waals surface area contributed by atoms with Crippen LogP contribution >= 0.6 is 0 Å². The second kappa shape index (κ2) is 7.54. The fourth-order valence-electron chi connectivity index (χ4n) is 4.41. The van der Waals surface area contributed by atoms with Gasteiger partial charge in [0, 0.05) is 25.6 Å². The van der Waals surface area contributed by atoms with Crippen LogP contribution in [0.3, 0.4) is 0 Å². The Kier molecular flexibility index (Phi) is 5.18. The van der Waals surface area contributed by atoms with Crippen molar-refractivity contribution in [3.63, 3.8) is 0 Å². The van der Waals surface area contributed by atoms with Crippen LogP contribution in [-0.4, -0.2) is 53.2 Å². The number of ether oxygens (including phenoxy) is 2. The molecule has 1 saturated heterocycles. The van der Waals surface area contributed by atoms with Crippen molar-refractivity contribution in [3.8, 4) is 5.69 Å². The third-order valence-electron chi connectivity index (χ3n) is 5.70. The molecule has 4 rings (SSSR count). The monoisotopic (exact) mass is 413 g/mol. The number of carbonyl (C=O) groups excluding carboxylic acids is 1. The highest BCUT2D eigenvalue weighted by Gasteiger charge is 2.45. The third-order valence-corrected chi connectivity index (χ3v) is 5.70. The fraction of sp³-hybridized carbons (Fsp3) is 0.478. The van der Waals surface area contributed by atoms with Crippen molar-refractivity contribution in [1.82, 2.24) is 14.7 Å². The van der Waals surface area contributed by atoms with Gasteiger partial charge in [0.1, 0.15) is 11.4 Å². The molecule has 0 N–H and O–H groups in total. The molecule has 1 aromatic carbocycles. The zero-order valence-corrected chi connectivity index (χ0v) is 17.9. The van der Waals surface area contributed by atoms with Crippen LogP contribution in [0.2, 0.25) is 0 Å². The predicted molar refractivity (Wildman–Crippen MR) is 112 cm³/mol. The molecular weight excluding hydrogens is 385 g/mol. The Morgan fingerprint density at radius 3 is 2.67 bits per heavy atom. The summed E-state index contributed by atoms with van der Waals surface area (Å²) in [6, 6.07) is 6.33. The number of piperidine rings is 1. The summed E-state index contributed by atoms with van der Waals surface area (Å²) in [6.07, 6.45) is 5.21. The van der Waals surface area contributed by atoms with Gasteiger partial charge in [-0.15, -0.1) is 0 Å². The van der Waals surface area contributed by atoms with Crippen LogP contribution in [-0.2, 0) is 15.9 Å². The minimum Gasteiger partial charge on any atom is -0.444 e. The first-order chi connectivity index (χ1) is 14.2. The van der Waals surface area contributed by atoms with Crippen LogP contribution in [0.5, 0.6) is 0 Å². The van der Waals surface area contributed by atoms with Crippen LogP contribution in [0.15, 0.2) is 36.0 Å². The van der Waals surface area contributed by atoms with Crippen molar-refractivity contribution < 1.29 is 18.7 Å². The number of carbonyl (C=O) groups is 1. The molecule has 0 spiro atoms. The van der Waals surface area contributed by atoms with E-state index in [-0.39, 0.29) is 17.3 Å². The Hall–Kier alpha value is -2.67. The highest BCUT2D eigenvalue weighted by molar-refractivity contribution is 5.70. The average Bonchev–Trinajstić information content (AvgIpc) is 3.07. The van der Waals surface area contributed by atoms with E-state index >= 15 is 0 Å². The molecule has 1 amide bonds. The summed E-state index contributed by atoms with van der Waals surface area (Å²) in [7, 11) is 1.69. The predicted octanol–water partition coefficient (Wildman–Crippen LogP) is 4.22. The molecule has 0 radical (unpaired) electrons. The van der Waals surface area contributed by atoms with Gasteiger partial charge in [-0.05, 0) is 69.5 Å². The lowest BCUT2D eigenvalue weighted by atomic mass is 9.69. The molecule has 0 saturated carbocycles. The molecule has 160 valence electrons. The van der Waals surface area contributed by atoms with Crippen LogP contribution in [0.1, 0.15) is 38.4 Å². The molecule has 1 aliphatic heterocycles. The van der Waals surface area contributed by atoms with Crippen molar-refractivity contribution >= 4 is 12.2 Å². The van der Waals surface area contributed by atoms with Gasteiger partial charge in [-0.25, -0.2) is 13.9 Å². The number of nitrogens with zero attached hydrogens (tertiary/aromatic N) is 3. The summed E-state index contributed by atoms with van der Waals surface area (Å²) in [6.45, 7) is 7.29. The zero-order chi connectivity index (χ0) is 21.5. The number of amides is 1. The number of rotatable bonds is 3. The molecule has 7 heteroatoms. The summed E-state index contributed by atoms with van der Waals surface area (Å²) in [5.41, 5.74) is 3.34. The first-order valence-electron chi connectivity index (χ1n) is 10.2. The van der Waals surface area contributed by atoms with Gasteiger partial charge in [0.25, 0.3) is 0 Å². The van der Waals surface area contributed by atoms with Gasteiger partial charge in [-0.2, -0.15) is 5.10 Å². The molecule has 2 aliphatic rings. The maximum Gasteiger partial charge on any atom is 0.410 e. The van der Waals surface area contributed by atoms with Crippen molar-refractivity contribution in [3.05, 3.63) is 53.1 Å². The summed E-state index contributed by atoms with van der Waals surface area (Å²) < 4.78 is 26.4. The molecule has 30 heavy (non-hydrogen) atoms. The molecular formula is C23H28FN3O3. The Bertz CT molecular complexity index is 975. The lowest BCUT2D eigenvalue weighted by Gasteiger charge is -2.46. The van der Waals surface area contributed by atoms with Gasteiger partial charge in [0.15, 0.2) is 0 Å². The lowest BCUT2D eigenvalue weighted by Crippen LogP contribution is -2.52. The maximum absolute atomic E-state index is 13.3. The smallest absolute Gasteiger partial charge is 0.410 e. The first-order valence-corrected chi connectivity index (χ1v) is 10.2. The van der Waals surface area contributed by atoms with E-state index in [1.807, 2.05) is 31.6 Å². The Labute approximate surface area is 176 Å². The molecule has 2 aromatic rings. The van der Waals surface area contributed by atoms with E-state index < -0.39 is 5.60 Å². The molecule has 1 fully saturated rings. The average molecular weight is 413 g/mol. The molecule has 1 aromatic heterocycles. The molecule has 6 nitrogen and oxygen atoms in total. The van der Waals surface area contributed by atoms with E-state index in [0.717, 1.165) is 29.8 Å². The van der Waals surface area contributed by atoms with Gasteiger partial charge in [0.05, 0.1) is 24.2 Å². The number of benzene rings is 1. The van der Waals surface area contributed by atoms with Crippen LogP contribution in [0.25, 0.3) is 11.8 Å². The largest absolute Gasteiger partial charge is 0.444 e. The number of fused-ring (bicyclic) bond motifs is 2. The number of halogens is 1. The normalized spacial score (nSPS) is 21.0. The van der Waals surface area contributed by atoms with Crippen LogP contribution < -0.4 is 0 Å². The van der Waals surface area contributed by atoms with Gasteiger partial charge >= 0.3 is 6.09 Å². The zero-order valence-electron chi connectivity index (χ0n) is 17.9. The first kappa shape index (κ1) is 20.6. The summed E-state index contributed by atoms with van der Waals surface area (Å²) in [4.78, 5) is 14.5. The van der Waals surface area contributed by atoms with Crippen LogP contribution in [0, 0.1) is 11.2 Å². The van der Waals surface area contributed by atoms with E-state index in [1.165, 1.54) is 17.7 Å². The van der Waals surface area contributed by atoms with Crippen molar-refractivity contribution in [2.24, 2.45) is 5.41 Å². The Balaban J connectivity index is 1.65. The highest BCUT2D eigenvalue weighted by Crippen LogP contribution is 2.44. The van der Waals surface area contributed by atoms with Crippen molar-refractivity contribution in [1.29, 1.82) is 0 Å². The molecule has 1 aliphatic carbocycles. The number of methoxy groups -OCH3 is 1. The summed E-state index contributed by atoms with van der Waals surface area (Å²) in [5, 5.41) is 4.55. The summed E-state index contributed by atoms with van der Waals surface area (Å²) in [5.74, 6) is -0.272. The van der Waals surface area contributed by atoms with Gasteiger partial charge in [-0.1, -0.05) is 5.57 Å². The second-order valence-electron chi connectivity index (χ2n) is 9.15. The quantitative estimate of drug-likeness (QED) is 0.756. The molecule has 2 heterocycles. The number of aromatic nitrogens is 2. The Morgan fingerprint density at radius 2 is 2.00 bits per heavy atom. The fourth-order valence-corrected chi connectivity index (χ4v) is 4.41. The van der Waals surface area contributed by atoms with E-state index in [4.69, 9.17) is 9.47 Å². The second-order valence-corrected chi connectivity index (χ2v) is 9.15. The molecule has 1 unspecified atom stereocenters. The standard InChI is InChI=1S/C23H28FN3O3/c1-22(2,3)30-21(28)26-10-9-17-11-20-16(12-23(17,14-26)15-29-4)13-25-27(20)19-7-5-18(24)6-8-19/h5-8,11,13H,9-10,12,14-15H2,1-4H3. The van der Waals surface area contributed by atoms with Gasteiger partial charge < -0.3 is 14.4 Å². The summed E-state index contributed by atoms with van der Waals surface area (Å²) >= 11 is 0. The van der Waals surface area contributed by atoms with Gasteiger partial charge in [0.2, 0.25) is 0 Å². The molecule has 1 atom stereocenters. The minimum absolute atomic E-state index is 0.272. The van der Waals surface area contributed by atoms with E-state index in [2.05, 4.69) is 11.2 Å². The number of hydrogen-bond acceptors (Lipinski definition) is 4. The highest BCUT2D eigenvalue weighted by atomic mass is 19.1. The van der Waals surface area contributed by atoms with Crippen molar-refractivity contribution in [2.75, 3.05) is 26.8 Å². The van der Waals surface area contributed by atoms with E-state index in [9.17, 15) is 9.18 Å².